The molecular weight excluding hydrogens is 297 g/mol. The van der Waals surface area contributed by atoms with Gasteiger partial charge < -0.3 is 10.3 Å². The minimum absolute atomic E-state index is 0.211. The van der Waals surface area contributed by atoms with E-state index in [1.807, 2.05) is 0 Å². The second-order valence-corrected chi connectivity index (χ2v) is 6.46. The van der Waals surface area contributed by atoms with Crippen molar-refractivity contribution in [1.82, 2.24) is 19.5 Å². The molecule has 0 radical (unpaired) electrons. The Hall–Kier alpha value is -2.00. The fraction of sp³-hybridized carbons (Fsp3) is 0.333. The normalized spacial score (nSPS) is 13.3. The number of hydrogen-bond acceptors (Lipinski definition) is 5. The van der Waals surface area contributed by atoms with Gasteiger partial charge in [0, 0.05) is 12.7 Å². The number of halogens is 1. The van der Waals surface area contributed by atoms with Crippen molar-refractivity contribution >= 4 is 15.7 Å². The van der Waals surface area contributed by atoms with E-state index < -0.39 is 26.8 Å². The van der Waals surface area contributed by atoms with Crippen LogP contribution in [0.25, 0.3) is 0 Å². The maximum atomic E-state index is 13.9. The van der Waals surface area contributed by atoms with Crippen LogP contribution in [0.2, 0.25) is 0 Å². The van der Waals surface area contributed by atoms with Gasteiger partial charge in [-0.05, 0) is 31.5 Å². The van der Waals surface area contributed by atoms with Crippen LogP contribution in [0.15, 0.2) is 23.4 Å². The Balaban J connectivity index is 2.35. The number of aryl methyl sites for hydroxylation is 2. The summed E-state index contributed by atoms with van der Waals surface area (Å²) >= 11 is 0. The molecule has 0 aliphatic heterocycles. The zero-order chi connectivity index (χ0) is 15.8. The number of aromatic nitrogens is 3. The average Bonchev–Trinajstić information content (AvgIpc) is 2.79. The molecule has 2 aromatic rings. The van der Waals surface area contributed by atoms with Crippen LogP contribution in [0.3, 0.4) is 0 Å². The second kappa shape index (κ2) is 5.41. The van der Waals surface area contributed by atoms with Gasteiger partial charge >= 0.3 is 0 Å². The lowest BCUT2D eigenvalue weighted by Crippen LogP contribution is -2.29. The molecule has 0 saturated heterocycles. The molecule has 2 rings (SSSR count). The number of sulfonamides is 1. The van der Waals surface area contributed by atoms with E-state index in [0.717, 1.165) is 12.1 Å². The van der Waals surface area contributed by atoms with Crippen molar-refractivity contribution in [3.63, 3.8) is 0 Å². The van der Waals surface area contributed by atoms with E-state index in [1.54, 1.807) is 25.5 Å². The number of nitrogen functional groups attached to an aromatic ring is 1. The van der Waals surface area contributed by atoms with Gasteiger partial charge in [0.15, 0.2) is 0 Å². The molecule has 1 aromatic heterocycles. The van der Waals surface area contributed by atoms with E-state index in [2.05, 4.69) is 14.9 Å². The lowest BCUT2D eigenvalue weighted by molar-refractivity contribution is 0.537. The van der Waals surface area contributed by atoms with Crippen LogP contribution in [0.5, 0.6) is 0 Å². The van der Waals surface area contributed by atoms with Crippen molar-refractivity contribution in [2.45, 2.75) is 24.8 Å². The second-order valence-electron chi connectivity index (χ2n) is 4.78. The largest absolute Gasteiger partial charge is 0.398 e. The Labute approximate surface area is 122 Å². The Morgan fingerprint density at radius 2 is 2.10 bits per heavy atom. The Kier molecular flexibility index (Phi) is 3.97. The molecule has 0 fully saturated rings. The van der Waals surface area contributed by atoms with Gasteiger partial charge in [-0.15, -0.1) is 10.2 Å². The van der Waals surface area contributed by atoms with Gasteiger partial charge in [0.2, 0.25) is 10.0 Å². The first-order valence-corrected chi connectivity index (χ1v) is 7.62. The van der Waals surface area contributed by atoms with Gasteiger partial charge in [0.1, 0.15) is 22.9 Å². The van der Waals surface area contributed by atoms with Crippen LogP contribution in [0, 0.1) is 12.7 Å². The fourth-order valence-corrected chi connectivity index (χ4v) is 3.20. The summed E-state index contributed by atoms with van der Waals surface area (Å²) < 4.78 is 42.4. The third kappa shape index (κ3) is 3.03. The SMILES string of the molecule is Cc1cc(F)c(S(=O)(=O)NC(C)c2nncn2C)cc1N. The van der Waals surface area contributed by atoms with Gasteiger partial charge in [-0.25, -0.2) is 17.5 Å². The van der Waals surface area contributed by atoms with Crippen LogP contribution in [-0.4, -0.2) is 23.2 Å². The molecule has 1 aromatic carbocycles. The zero-order valence-electron chi connectivity index (χ0n) is 11.8. The molecule has 0 bridgehead atoms. The first-order valence-electron chi connectivity index (χ1n) is 6.14. The van der Waals surface area contributed by atoms with Crippen molar-refractivity contribution < 1.29 is 12.8 Å². The van der Waals surface area contributed by atoms with E-state index >= 15 is 0 Å². The van der Waals surface area contributed by atoms with E-state index in [0.29, 0.717) is 11.4 Å². The number of hydrogen-bond donors (Lipinski definition) is 2. The standard InChI is InChI=1S/C12H16FN5O2S/c1-7-4-9(13)11(5-10(7)14)21(19,20)17-8(2)12-16-15-6-18(12)3/h4-6,8,17H,14H2,1-3H3. The summed E-state index contributed by atoms with van der Waals surface area (Å²) in [6, 6.07) is 1.54. The molecule has 0 aliphatic carbocycles. The number of nitrogens with one attached hydrogen (secondary N) is 1. The number of benzene rings is 1. The van der Waals surface area contributed by atoms with Gasteiger partial charge in [0.25, 0.3) is 0 Å². The summed E-state index contributed by atoms with van der Waals surface area (Å²) in [5, 5.41) is 7.49. The summed E-state index contributed by atoms with van der Waals surface area (Å²) in [4.78, 5) is -0.486. The minimum Gasteiger partial charge on any atom is -0.398 e. The zero-order valence-corrected chi connectivity index (χ0v) is 12.6. The molecule has 0 saturated carbocycles. The van der Waals surface area contributed by atoms with Crippen LogP contribution >= 0.6 is 0 Å². The third-order valence-corrected chi connectivity index (χ3v) is 4.63. The van der Waals surface area contributed by atoms with E-state index in [4.69, 9.17) is 5.73 Å². The highest BCUT2D eigenvalue weighted by Gasteiger charge is 2.24. The molecule has 7 nitrogen and oxygen atoms in total. The Morgan fingerprint density at radius 3 is 2.67 bits per heavy atom. The summed E-state index contributed by atoms with van der Waals surface area (Å²) in [6.07, 6.45) is 1.45. The summed E-state index contributed by atoms with van der Waals surface area (Å²) in [6.45, 7) is 3.20. The van der Waals surface area contributed by atoms with Crippen molar-refractivity contribution in [1.29, 1.82) is 0 Å². The van der Waals surface area contributed by atoms with Crippen LogP contribution < -0.4 is 10.5 Å². The molecule has 1 heterocycles. The maximum Gasteiger partial charge on any atom is 0.244 e. The summed E-state index contributed by atoms with van der Waals surface area (Å²) in [5.41, 5.74) is 6.34. The predicted octanol–water partition coefficient (Wildman–Crippen LogP) is 0.884. The monoisotopic (exact) mass is 313 g/mol. The summed E-state index contributed by atoms with van der Waals surface area (Å²) in [5.74, 6) is -0.432. The predicted molar refractivity (Wildman–Crippen MR) is 75.3 cm³/mol. The van der Waals surface area contributed by atoms with Gasteiger partial charge in [-0.2, -0.15) is 0 Å². The molecule has 114 valence electrons. The van der Waals surface area contributed by atoms with E-state index in [-0.39, 0.29) is 5.69 Å². The molecular formula is C12H16FN5O2S. The van der Waals surface area contributed by atoms with E-state index in [9.17, 15) is 12.8 Å². The third-order valence-electron chi connectivity index (χ3n) is 3.08. The lowest BCUT2D eigenvalue weighted by atomic mass is 10.2. The van der Waals surface area contributed by atoms with Crippen molar-refractivity contribution in [2.24, 2.45) is 7.05 Å². The maximum absolute atomic E-state index is 13.9. The van der Waals surface area contributed by atoms with Crippen molar-refractivity contribution in [3.8, 4) is 0 Å². The van der Waals surface area contributed by atoms with Crippen molar-refractivity contribution in [3.05, 3.63) is 35.7 Å². The number of anilines is 1. The molecule has 1 atom stereocenters. The lowest BCUT2D eigenvalue weighted by Gasteiger charge is -2.14. The molecule has 3 N–H and O–H groups in total. The first-order chi connectivity index (χ1) is 9.72. The van der Waals surface area contributed by atoms with E-state index in [1.165, 1.54) is 6.33 Å². The number of rotatable bonds is 4. The van der Waals surface area contributed by atoms with Crippen LogP contribution in [0.1, 0.15) is 24.4 Å². The first kappa shape index (κ1) is 15.4. The highest BCUT2D eigenvalue weighted by Crippen LogP contribution is 2.23. The van der Waals surface area contributed by atoms with Gasteiger partial charge in [-0.1, -0.05) is 0 Å². The summed E-state index contributed by atoms with van der Waals surface area (Å²) in [7, 11) is -2.37. The Bertz CT molecular complexity index is 772. The average molecular weight is 313 g/mol. The number of nitrogens with zero attached hydrogens (tertiary/aromatic N) is 3. The molecule has 0 spiro atoms. The van der Waals surface area contributed by atoms with Crippen molar-refractivity contribution in [2.75, 3.05) is 5.73 Å². The smallest absolute Gasteiger partial charge is 0.244 e. The minimum atomic E-state index is -4.06. The van der Waals surface area contributed by atoms with Crippen LogP contribution in [0.4, 0.5) is 10.1 Å². The highest BCUT2D eigenvalue weighted by atomic mass is 32.2. The fourth-order valence-electron chi connectivity index (χ4n) is 1.91. The molecule has 21 heavy (non-hydrogen) atoms. The molecule has 0 aliphatic rings. The van der Waals surface area contributed by atoms with Gasteiger partial charge in [0.05, 0.1) is 6.04 Å². The molecule has 9 heteroatoms. The molecule has 0 amide bonds. The Morgan fingerprint density at radius 1 is 1.43 bits per heavy atom. The highest BCUT2D eigenvalue weighted by molar-refractivity contribution is 7.89. The topological polar surface area (TPSA) is 103 Å². The van der Waals surface area contributed by atoms with Crippen LogP contribution in [-0.2, 0) is 17.1 Å². The van der Waals surface area contributed by atoms with Gasteiger partial charge in [-0.3, -0.25) is 0 Å². The number of nitrogens with two attached hydrogens (primary N) is 1. The quantitative estimate of drug-likeness (QED) is 0.816. The molecule has 1 unspecified atom stereocenters.